The van der Waals surface area contributed by atoms with E-state index in [1.54, 1.807) is 12.1 Å². The predicted octanol–water partition coefficient (Wildman–Crippen LogP) is 4.61. The van der Waals surface area contributed by atoms with Crippen LogP contribution in [-0.4, -0.2) is 24.2 Å². The molecule has 1 N–H and O–H groups in total. The Balaban J connectivity index is 1.67. The first-order chi connectivity index (χ1) is 11.6. The average Bonchev–Trinajstić information content (AvgIpc) is 2.57. The van der Waals surface area contributed by atoms with Crippen molar-refractivity contribution in [3.05, 3.63) is 52.4 Å². The number of rotatable bonds is 5. The van der Waals surface area contributed by atoms with Gasteiger partial charge in [0.05, 0.1) is 5.69 Å². The van der Waals surface area contributed by atoms with Gasteiger partial charge in [0.2, 0.25) is 5.88 Å². The molecule has 1 fully saturated rings. The van der Waals surface area contributed by atoms with Crippen LogP contribution in [0, 0.1) is 12.7 Å². The molecule has 1 aliphatic rings. The van der Waals surface area contributed by atoms with Crippen molar-refractivity contribution >= 4 is 23.4 Å². The summed E-state index contributed by atoms with van der Waals surface area (Å²) in [6.07, 6.45) is 2.21. The van der Waals surface area contributed by atoms with E-state index in [9.17, 15) is 4.39 Å². The molecule has 24 heavy (non-hydrogen) atoms. The minimum atomic E-state index is -0.299. The van der Waals surface area contributed by atoms with E-state index in [2.05, 4.69) is 10.3 Å². The summed E-state index contributed by atoms with van der Waals surface area (Å²) in [7, 11) is 0. The summed E-state index contributed by atoms with van der Waals surface area (Å²) < 4.78 is 19.9. The van der Waals surface area contributed by atoms with Gasteiger partial charge in [0.25, 0.3) is 0 Å². The minimum Gasteiger partial charge on any atom is -0.474 e. The van der Waals surface area contributed by atoms with Gasteiger partial charge < -0.3 is 10.1 Å². The van der Waals surface area contributed by atoms with Crippen molar-refractivity contribution in [1.82, 2.24) is 10.3 Å². The highest BCUT2D eigenvalue weighted by Gasteiger charge is 2.15. The number of nitrogens with zero attached hydrogens (tertiary/aromatic N) is 1. The molecular formula is C18H20ClFN2OS. The summed E-state index contributed by atoms with van der Waals surface area (Å²) in [5.74, 6) is 0.945. The maximum absolute atomic E-state index is 13.9. The number of nitrogens with one attached hydrogen (secondary N) is 1. The van der Waals surface area contributed by atoms with E-state index in [0.717, 1.165) is 37.2 Å². The van der Waals surface area contributed by atoms with Crippen molar-refractivity contribution in [2.45, 2.75) is 36.5 Å². The molecule has 0 aliphatic carbocycles. The highest BCUT2D eigenvalue weighted by Crippen LogP contribution is 2.28. The van der Waals surface area contributed by atoms with E-state index in [0.29, 0.717) is 21.6 Å². The number of ether oxygens (including phenoxy) is 1. The Hall–Kier alpha value is -1.30. The number of piperidine rings is 1. The summed E-state index contributed by atoms with van der Waals surface area (Å²) in [6.45, 7) is 3.97. The van der Waals surface area contributed by atoms with Gasteiger partial charge in [0, 0.05) is 21.7 Å². The van der Waals surface area contributed by atoms with Crippen LogP contribution in [0.4, 0.5) is 4.39 Å². The third-order valence-electron chi connectivity index (χ3n) is 4.01. The normalized spacial score (nSPS) is 15.5. The Labute approximate surface area is 151 Å². The fourth-order valence-corrected chi connectivity index (χ4v) is 3.69. The zero-order valence-corrected chi connectivity index (χ0v) is 15.1. The largest absolute Gasteiger partial charge is 0.474 e. The molecule has 1 aromatic carbocycles. The fourth-order valence-electron chi connectivity index (χ4n) is 2.59. The van der Waals surface area contributed by atoms with Crippen LogP contribution in [0.5, 0.6) is 5.88 Å². The number of thioether (sulfide) groups is 1. The van der Waals surface area contributed by atoms with Gasteiger partial charge in [-0.05, 0) is 56.6 Å². The quantitative estimate of drug-likeness (QED) is 0.784. The van der Waals surface area contributed by atoms with Crippen molar-refractivity contribution in [3.63, 3.8) is 0 Å². The molecule has 0 amide bonds. The molecule has 0 saturated carbocycles. The Morgan fingerprint density at radius 1 is 1.29 bits per heavy atom. The topological polar surface area (TPSA) is 34.1 Å². The maximum Gasteiger partial charge on any atom is 0.213 e. The lowest BCUT2D eigenvalue weighted by Crippen LogP contribution is -2.34. The summed E-state index contributed by atoms with van der Waals surface area (Å²) in [5, 5.41) is 3.73. The van der Waals surface area contributed by atoms with E-state index in [-0.39, 0.29) is 11.9 Å². The number of pyridine rings is 1. The van der Waals surface area contributed by atoms with Gasteiger partial charge in [-0.3, -0.25) is 0 Å². The highest BCUT2D eigenvalue weighted by molar-refractivity contribution is 7.98. The van der Waals surface area contributed by atoms with Gasteiger partial charge in [-0.15, -0.1) is 11.8 Å². The fraction of sp³-hybridized carbons (Fsp3) is 0.389. The van der Waals surface area contributed by atoms with E-state index in [1.807, 2.05) is 19.1 Å². The van der Waals surface area contributed by atoms with Crippen molar-refractivity contribution < 1.29 is 9.13 Å². The third-order valence-corrected chi connectivity index (χ3v) is 5.30. The molecule has 3 nitrogen and oxygen atoms in total. The second-order valence-electron chi connectivity index (χ2n) is 5.84. The number of hydrogen-bond acceptors (Lipinski definition) is 4. The molecule has 0 bridgehead atoms. The van der Waals surface area contributed by atoms with Crippen molar-refractivity contribution in [2.75, 3.05) is 13.1 Å². The van der Waals surface area contributed by atoms with Gasteiger partial charge >= 0.3 is 0 Å². The van der Waals surface area contributed by atoms with Crippen LogP contribution in [0.15, 0.2) is 35.2 Å². The molecule has 3 rings (SSSR count). The number of benzene rings is 1. The Kier molecular flexibility index (Phi) is 5.98. The van der Waals surface area contributed by atoms with Crippen LogP contribution in [0.2, 0.25) is 5.02 Å². The number of hydrogen-bond donors (Lipinski definition) is 1. The number of aromatic nitrogens is 1. The predicted molar refractivity (Wildman–Crippen MR) is 96.5 cm³/mol. The Morgan fingerprint density at radius 3 is 2.83 bits per heavy atom. The second kappa shape index (κ2) is 8.19. The van der Waals surface area contributed by atoms with Crippen molar-refractivity contribution in [1.29, 1.82) is 0 Å². The van der Waals surface area contributed by atoms with Gasteiger partial charge in [-0.1, -0.05) is 17.7 Å². The van der Waals surface area contributed by atoms with Gasteiger partial charge in [-0.2, -0.15) is 0 Å². The SMILES string of the molecule is Cc1ccc(OC2CCNCC2)nc1CSc1ccc(Cl)cc1F. The van der Waals surface area contributed by atoms with Crippen LogP contribution in [-0.2, 0) is 5.75 Å². The number of aryl methyl sites for hydroxylation is 1. The zero-order valence-electron chi connectivity index (χ0n) is 13.5. The summed E-state index contributed by atoms with van der Waals surface area (Å²) in [4.78, 5) is 5.19. The van der Waals surface area contributed by atoms with E-state index in [1.165, 1.54) is 17.8 Å². The molecule has 0 spiro atoms. The van der Waals surface area contributed by atoms with E-state index in [4.69, 9.17) is 16.3 Å². The Bertz CT molecular complexity index is 707. The number of halogens is 2. The van der Waals surface area contributed by atoms with Gasteiger partial charge in [-0.25, -0.2) is 9.37 Å². The lowest BCUT2D eigenvalue weighted by Gasteiger charge is -2.23. The summed E-state index contributed by atoms with van der Waals surface area (Å²) in [5.41, 5.74) is 2.00. The molecule has 1 aromatic heterocycles. The first kappa shape index (κ1) is 17.5. The highest BCUT2D eigenvalue weighted by atomic mass is 35.5. The molecule has 0 unspecified atom stereocenters. The molecular weight excluding hydrogens is 347 g/mol. The van der Waals surface area contributed by atoms with Crippen LogP contribution in [0.1, 0.15) is 24.1 Å². The lowest BCUT2D eigenvalue weighted by molar-refractivity contribution is 0.155. The maximum atomic E-state index is 13.9. The molecule has 1 aliphatic heterocycles. The standard InChI is InChI=1S/C18H20ClFN2OS/c1-12-2-5-18(23-14-6-8-21-9-7-14)22-16(12)11-24-17-4-3-13(19)10-15(17)20/h2-5,10,14,21H,6-9,11H2,1H3. The summed E-state index contributed by atoms with van der Waals surface area (Å²) >= 11 is 7.21. The first-order valence-electron chi connectivity index (χ1n) is 8.03. The van der Waals surface area contributed by atoms with E-state index >= 15 is 0 Å². The smallest absolute Gasteiger partial charge is 0.213 e. The molecule has 6 heteroatoms. The molecule has 128 valence electrons. The van der Waals surface area contributed by atoms with Crippen LogP contribution in [0.25, 0.3) is 0 Å². The third kappa shape index (κ3) is 4.62. The van der Waals surface area contributed by atoms with Crippen molar-refractivity contribution in [2.24, 2.45) is 0 Å². The van der Waals surface area contributed by atoms with Gasteiger partial charge in [0.1, 0.15) is 11.9 Å². The van der Waals surface area contributed by atoms with Crippen LogP contribution in [0.3, 0.4) is 0 Å². The molecule has 0 atom stereocenters. The van der Waals surface area contributed by atoms with Crippen LogP contribution >= 0.6 is 23.4 Å². The minimum absolute atomic E-state index is 0.218. The molecule has 2 aromatic rings. The first-order valence-corrected chi connectivity index (χ1v) is 9.40. The zero-order chi connectivity index (χ0) is 16.9. The molecule has 1 saturated heterocycles. The van der Waals surface area contributed by atoms with Crippen LogP contribution < -0.4 is 10.1 Å². The van der Waals surface area contributed by atoms with E-state index < -0.39 is 0 Å². The lowest BCUT2D eigenvalue weighted by atomic mass is 10.1. The summed E-state index contributed by atoms with van der Waals surface area (Å²) in [6, 6.07) is 8.66. The monoisotopic (exact) mass is 366 g/mol. The average molecular weight is 367 g/mol. The Morgan fingerprint density at radius 2 is 2.08 bits per heavy atom. The molecule has 0 radical (unpaired) electrons. The van der Waals surface area contributed by atoms with Gasteiger partial charge in [0.15, 0.2) is 0 Å². The second-order valence-corrected chi connectivity index (χ2v) is 7.30. The van der Waals surface area contributed by atoms with Crippen molar-refractivity contribution in [3.8, 4) is 5.88 Å². The molecule has 2 heterocycles.